The zero-order chi connectivity index (χ0) is 17.2. The van der Waals surface area contributed by atoms with Gasteiger partial charge in [0, 0.05) is 36.4 Å². The molecule has 122 valence electrons. The maximum absolute atomic E-state index is 5.35. The van der Waals surface area contributed by atoms with E-state index in [0.29, 0.717) is 17.4 Å². The van der Waals surface area contributed by atoms with Crippen molar-refractivity contribution in [3.63, 3.8) is 0 Å². The molecule has 7 heteroatoms. The molecule has 4 rings (SSSR count). The van der Waals surface area contributed by atoms with Gasteiger partial charge in [-0.2, -0.15) is 0 Å². The van der Waals surface area contributed by atoms with Crippen LogP contribution in [0.2, 0.25) is 0 Å². The Balaban J connectivity index is 1.71. The zero-order valence-corrected chi connectivity index (χ0v) is 14.4. The summed E-state index contributed by atoms with van der Waals surface area (Å²) in [6.45, 7) is 0. The van der Waals surface area contributed by atoms with Crippen LogP contribution in [0.3, 0.4) is 0 Å². The van der Waals surface area contributed by atoms with E-state index in [2.05, 4.69) is 31.8 Å². The molecular weight excluding hydrogens is 334 g/mol. The van der Waals surface area contributed by atoms with Crippen LogP contribution in [-0.2, 0) is 7.05 Å². The molecule has 3 aromatic heterocycles. The van der Waals surface area contributed by atoms with Crippen LogP contribution >= 0.6 is 11.3 Å². The predicted octanol–water partition coefficient (Wildman–Crippen LogP) is 2.90. The molecule has 1 aromatic carbocycles. The first-order valence-corrected chi connectivity index (χ1v) is 8.37. The first-order valence-electron chi connectivity index (χ1n) is 7.49. The lowest BCUT2D eigenvalue weighted by Gasteiger charge is -2.03. The van der Waals surface area contributed by atoms with Gasteiger partial charge >= 0.3 is 0 Å². The normalized spacial score (nSPS) is 10.5. The minimum Gasteiger partial charge on any atom is -0.494 e. The summed E-state index contributed by atoms with van der Waals surface area (Å²) in [6.07, 6.45) is 5.41. The number of aryl methyl sites for hydroxylation is 1. The van der Waals surface area contributed by atoms with Gasteiger partial charge in [0.1, 0.15) is 22.0 Å². The fraction of sp³-hybridized carbons (Fsp3) is 0.111. The Kier molecular flexibility index (Phi) is 3.88. The number of para-hydroxylation sites is 1. The van der Waals surface area contributed by atoms with E-state index in [4.69, 9.17) is 4.74 Å². The van der Waals surface area contributed by atoms with E-state index in [0.717, 1.165) is 21.6 Å². The van der Waals surface area contributed by atoms with Crippen LogP contribution in [-0.4, -0.2) is 31.6 Å². The van der Waals surface area contributed by atoms with Crippen LogP contribution in [0.4, 0.5) is 0 Å². The smallest absolute Gasteiger partial charge is 0.206 e. The van der Waals surface area contributed by atoms with Gasteiger partial charge in [-0.1, -0.05) is 12.1 Å². The molecule has 0 fully saturated rings. The molecule has 0 saturated heterocycles. The largest absolute Gasteiger partial charge is 0.494 e. The van der Waals surface area contributed by atoms with Gasteiger partial charge in [-0.15, -0.1) is 11.3 Å². The summed E-state index contributed by atoms with van der Waals surface area (Å²) in [6, 6.07) is 5.71. The number of benzene rings is 1. The van der Waals surface area contributed by atoms with E-state index in [-0.39, 0.29) is 0 Å². The van der Waals surface area contributed by atoms with Gasteiger partial charge in [0.05, 0.1) is 7.11 Å². The number of thiazole rings is 1. The molecular formula is C18H13N5OS. The lowest BCUT2D eigenvalue weighted by molar-refractivity contribution is 0.419. The molecule has 0 saturated carbocycles. The standard InChI is InChI=1S/C18H13N5OS/c1-23-11-13(18-19-8-9-25-18)21-16(23)7-6-15-20-10-12-4-3-5-14(24-2)17(12)22-15/h3-5,8-11H,1-2H3. The highest BCUT2D eigenvalue weighted by Crippen LogP contribution is 2.22. The first-order chi connectivity index (χ1) is 12.2. The highest BCUT2D eigenvalue weighted by atomic mass is 32.1. The van der Waals surface area contributed by atoms with Crippen LogP contribution in [0.1, 0.15) is 11.6 Å². The average Bonchev–Trinajstić information content (AvgIpc) is 3.29. The van der Waals surface area contributed by atoms with Crippen molar-refractivity contribution in [2.45, 2.75) is 0 Å². The molecule has 6 nitrogen and oxygen atoms in total. The van der Waals surface area contributed by atoms with Crippen LogP contribution in [0.15, 0.2) is 42.2 Å². The third-order valence-corrected chi connectivity index (χ3v) is 4.40. The van der Waals surface area contributed by atoms with Crippen LogP contribution in [0, 0.1) is 11.8 Å². The number of hydrogen-bond acceptors (Lipinski definition) is 6. The number of imidazole rings is 1. The van der Waals surface area contributed by atoms with E-state index in [9.17, 15) is 0 Å². The third-order valence-electron chi connectivity index (χ3n) is 3.61. The Morgan fingerprint density at radius 1 is 1.16 bits per heavy atom. The second-order valence-electron chi connectivity index (χ2n) is 5.24. The van der Waals surface area contributed by atoms with Crippen molar-refractivity contribution in [3.05, 3.63) is 53.8 Å². The van der Waals surface area contributed by atoms with Crippen molar-refractivity contribution in [1.82, 2.24) is 24.5 Å². The van der Waals surface area contributed by atoms with Crippen molar-refractivity contribution < 1.29 is 4.74 Å². The highest BCUT2D eigenvalue weighted by molar-refractivity contribution is 7.13. The minimum atomic E-state index is 0.427. The number of rotatable bonds is 2. The van der Waals surface area contributed by atoms with E-state index in [1.165, 1.54) is 0 Å². The SMILES string of the molecule is COc1cccc2cnc(C#Cc3nc(-c4nccs4)cn3C)nc12. The molecule has 4 aromatic rings. The van der Waals surface area contributed by atoms with Crippen LogP contribution in [0.25, 0.3) is 21.6 Å². The van der Waals surface area contributed by atoms with Gasteiger partial charge in [0.25, 0.3) is 0 Å². The third kappa shape index (κ3) is 2.95. The lowest BCUT2D eigenvalue weighted by Crippen LogP contribution is -1.94. The van der Waals surface area contributed by atoms with Crippen molar-refractivity contribution in [2.75, 3.05) is 7.11 Å². The van der Waals surface area contributed by atoms with Crippen molar-refractivity contribution in [1.29, 1.82) is 0 Å². The molecule has 0 amide bonds. The van der Waals surface area contributed by atoms with E-state index in [1.54, 1.807) is 30.8 Å². The van der Waals surface area contributed by atoms with Gasteiger partial charge in [-0.3, -0.25) is 0 Å². The van der Waals surface area contributed by atoms with Gasteiger partial charge in [-0.25, -0.2) is 19.9 Å². The van der Waals surface area contributed by atoms with Crippen molar-refractivity contribution in [2.24, 2.45) is 7.05 Å². The van der Waals surface area contributed by atoms with Gasteiger partial charge in [-0.05, 0) is 17.9 Å². The van der Waals surface area contributed by atoms with Gasteiger partial charge in [0.2, 0.25) is 5.82 Å². The van der Waals surface area contributed by atoms with Gasteiger partial charge in [0.15, 0.2) is 5.82 Å². The fourth-order valence-corrected chi connectivity index (χ4v) is 2.99. The number of methoxy groups -OCH3 is 1. The first kappa shape index (κ1) is 15.3. The molecule has 0 atom stereocenters. The minimum absolute atomic E-state index is 0.427. The fourth-order valence-electron chi connectivity index (χ4n) is 2.40. The number of aromatic nitrogens is 5. The molecule has 0 aliphatic carbocycles. The van der Waals surface area contributed by atoms with Crippen LogP contribution in [0.5, 0.6) is 5.75 Å². The summed E-state index contributed by atoms with van der Waals surface area (Å²) in [7, 11) is 3.52. The molecule has 0 radical (unpaired) electrons. The summed E-state index contributed by atoms with van der Waals surface area (Å²) in [5.74, 6) is 7.76. The summed E-state index contributed by atoms with van der Waals surface area (Å²) >= 11 is 1.54. The summed E-state index contributed by atoms with van der Waals surface area (Å²) in [5.41, 5.74) is 1.55. The van der Waals surface area contributed by atoms with E-state index in [1.807, 2.05) is 41.4 Å². The van der Waals surface area contributed by atoms with Crippen LogP contribution < -0.4 is 4.74 Å². The summed E-state index contributed by atoms with van der Waals surface area (Å²) in [5, 5.41) is 3.70. The zero-order valence-electron chi connectivity index (χ0n) is 13.6. The van der Waals surface area contributed by atoms with Crippen molar-refractivity contribution in [3.8, 4) is 28.3 Å². The molecule has 0 spiro atoms. The molecule has 25 heavy (non-hydrogen) atoms. The Labute approximate surface area is 148 Å². The molecule has 0 aliphatic heterocycles. The second kappa shape index (κ2) is 6.34. The molecule has 0 bridgehead atoms. The predicted molar refractivity (Wildman–Crippen MR) is 96.4 cm³/mol. The summed E-state index contributed by atoms with van der Waals surface area (Å²) in [4.78, 5) is 17.6. The Morgan fingerprint density at radius 2 is 2.08 bits per heavy atom. The van der Waals surface area contributed by atoms with Crippen molar-refractivity contribution >= 4 is 22.2 Å². The van der Waals surface area contributed by atoms with E-state index < -0.39 is 0 Å². The molecule has 0 N–H and O–H groups in total. The number of hydrogen-bond donors (Lipinski definition) is 0. The Morgan fingerprint density at radius 3 is 2.88 bits per heavy atom. The topological polar surface area (TPSA) is 65.7 Å². The molecule has 0 unspecified atom stereocenters. The molecule has 3 heterocycles. The van der Waals surface area contributed by atoms with E-state index >= 15 is 0 Å². The lowest BCUT2D eigenvalue weighted by atomic mass is 10.2. The molecule has 0 aliphatic rings. The maximum Gasteiger partial charge on any atom is 0.206 e. The Bertz CT molecular complexity index is 1110. The summed E-state index contributed by atoms with van der Waals surface area (Å²) < 4.78 is 7.21. The number of nitrogens with zero attached hydrogens (tertiary/aromatic N) is 5. The quantitative estimate of drug-likeness (QED) is 0.522. The second-order valence-corrected chi connectivity index (χ2v) is 6.13. The number of ether oxygens (including phenoxy) is 1. The monoisotopic (exact) mass is 347 g/mol. The van der Waals surface area contributed by atoms with Gasteiger partial charge < -0.3 is 9.30 Å². The highest BCUT2D eigenvalue weighted by Gasteiger charge is 2.08. The number of fused-ring (bicyclic) bond motifs is 1. The maximum atomic E-state index is 5.35. The average molecular weight is 347 g/mol. The Hall–Kier alpha value is -3.24.